The number of amides is 1. The highest BCUT2D eigenvalue weighted by molar-refractivity contribution is 6.07. The summed E-state index contributed by atoms with van der Waals surface area (Å²) < 4.78 is 0. The molecular weight excluding hydrogens is 298 g/mol. The monoisotopic (exact) mass is 319 g/mol. The molecule has 2 aromatic carbocycles. The number of H-pyrrole nitrogens is 1. The fraction of sp³-hybridized carbons (Fsp3) is 0.200. The van der Waals surface area contributed by atoms with Gasteiger partial charge in [-0.15, -0.1) is 0 Å². The molecule has 1 heterocycles. The van der Waals surface area contributed by atoms with E-state index < -0.39 is 0 Å². The lowest BCUT2D eigenvalue weighted by molar-refractivity contribution is 0.0956. The average molecular weight is 319 g/mol. The molecule has 2 N–H and O–H groups in total. The third kappa shape index (κ3) is 3.54. The molecule has 0 aliphatic heterocycles. The number of nitrogens with one attached hydrogen (secondary N) is 2. The second-order valence-corrected chi connectivity index (χ2v) is 6.21. The Morgan fingerprint density at radius 1 is 1.08 bits per heavy atom. The maximum Gasteiger partial charge on any atom is 0.273 e. The van der Waals surface area contributed by atoms with Gasteiger partial charge in [-0.05, 0) is 24.0 Å². The topological polar surface area (TPSA) is 57.2 Å². The van der Waals surface area contributed by atoms with Gasteiger partial charge in [0.1, 0.15) is 0 Å². The molecule has 24 heavy (non-hydrogen) atoms. The molecule has 1 aromatic heterocycles. The largest absolute Gasteiger partial charge is 0.360 e. The van der Waals surface area contributed by atoms with Gasteiger partial charge in [-0.25, -0.2) is 5.43 Å². The Labute approximate surface area is 141 Å². The minimum atomic E-state index is -0.204. The second kappa shape index (κ2) is 7.13. The molecule has 0 atom stereocenters. The molecule has 0 bridgehead atoms. The highest BCUT2D eigenvalue weighted by Crippen LogP contribution is 2.17. The Morgan fingerprint density at radius 2 is 1.79 bits per heavy atom. The fourth-order valence-electron chi connectivity index (χ4n) is 2.68. The van der Waals surface area contributed by atoms with Gasteiger partial charge < -0.3 is 4.98 Å². The lowest BCUT2D eigenvalue weighted by Gasteiger charge is -2.09. The molecule has 3 rings (SSSR count). The van der Waals surface area contributed by atoms with Gasteiger partial charge in [0, 0.05) is 17.1 Å². The van der Waals surface area contributed by atoms with E-state index in [-0.39, 0.29) is 5.91 Å². The number of para-hydroxylation sites is 1. The number of aromatic amines is 1. The van der Waals surface area contributed by atoms with E-state index in [2.05, 4.69) is 29.4 Å². The SMILES string of the molecule is CC(C)C/C(=N\NC(=O)c1c[nH]c2ccccc12)c1ccccc1. The summed E-state index contributed by atoms with van der Waals surface area (Å²) in [5.74, 6) is 0.249. The van der Waals surface area contributed by atoms with Crippen LogP contribution in [0, 0.1) is 5.92 Å². The summed E-state index contributed by atoms with van der Waals surface area (Å²) in [4.78, 5) is 15.6. The van der Waals surface area contributed by atoms with E-state index in [0.29, 0.717) is 11.5 Å². The van der Waals surface area contributed by atoms with Crippen molar-refractivity contribution in [2.24, 2.45) is 11.0 Å². The molecule has 0 fully saturated rings. The molecule has 0 unspecified atom stereocenters. The van der Waals surface area contributed by atoms with Gasteiger partial charge in [-0.2, -0.15) is 5.10 Å². The smallest absolute Gasteiger partial charge is 0.273 e. The number of nitrogens with zero attached hydrogens (tertiary/aromatic N) is 1. The van der Waals surface area contributed by atoms with Gasteiger partial charge in [0.2, 0.25) is 0 Å². The Balaban J connectivity index is 1.84. The number of fused-ring (bicyclic) bond motifs is 1. The second-order valence-electron chi connectivity index (χ2n) is 6.21. The van der Waals surface area contributed by atoms with Crippen LogP contribution in [0.15, 0.2) is 65.9 Å². The number of benzene rings is 2. The maximum atomic E-state index is 12.5. The zero-order chi connectivity index (χ0) is 16.9. The Kier molecular flexibility index (Phi) is 4.75. The molecule has 4 heteroatoms. The van der Waals surface area contributed by atoms with Crippen molar-refractivity contribution in [3.8, 4) is 0 Å². The van der Waals surface area contributed by atoms with Crippen LogP contribution in [-0.4, -0.2) is 16.6 Å². The fourth-order valence-corrected chi connectivity index (χ4v) is 2.68. The van der Waals surface area contributed by atoms with Crippen LogP contribution in [-0.2, 0) is 0 Å². The summed E-state index contributed by atoms with van der Waals surface area (Å²) >= 11 is 0. The maximum absolute atomic E-state index is 12.5. The van der Waals surface area contributed by atoms with Crippen molar-refractivity contribution in [2.45, 2.75) is 20.3 Å². The molecule has 0 aliphatic rings. The van der Waals surface area contributed by atoms with Gasteiger partial charge in [-0.3, -0.25) is 4.79 Å². The third-order valence-electron chi connectivity index (χ3n) is 3.83. The molecule has 0 radical (unpaired) electrons. The van der Waals surface area contributed by atoms with Crippen molar-refractivity contribution >= 4 is 22.5 Å². The van der Waals surface area contributed by atoms with E-state index in [1.807, 2.05) is 54.6 Å². The summed E-state index contributed by atoms with van der Waals surface area (Å²) in [6.45, 7) is 4.28. The number of rotatable bonds is 5. The summed E-state index contributed by atoms with van der Waals surface area (Å²) in [5, 5.41) is 5.30. The van der Waals surface area contributed by atoms with Crippen molar-refractivity contribution in [2.75, 3.05) is 0 Å². The molecule has 4 nitrogen and oxygen atoms in total. The number of hydrogen-bond donors (Lipinski definition) is 2. The van der Waals surface area contributed by atoms with Crippen molar-refractivity contribution in [1.29, 1.82) is 0 Å². The van der Waals surface area contributed by atoms with Gasteiger partial charge in [0.05, 0.1) is 11.3 Å². The normalized spacial score (nSPS) is 11.9. The lowest BCUT2D eigenvalue weighted by Crippen LogP contribution is -2.20. The van der Waals surface area contributed by atoms with E-state index in [4.69, 9.17) is 0 Å². The Bertz CT molecular complexity index is 863. The summed E-state index contributed by atoms with van der Waals surface area (Å²) in [7, 11) is 0. The molecule has 0 aliphatic carbocycles. The molecule has 122 valence electrons. The summed E-state index contributed by atoms with van der Waals surface area (Å²) in [6.07, 6.45) is 2.53. The van der Waals surface area contributed by atoms with E-state index >= 15 is 0 Å². The Hall–Kier alpha value is -2.88. The number of hydrazone groups is 1. The standard InChI is InChI=1S/C20H21N3O/c1-14(2)12-19(15-8-4-3-5-9-15)22-23-20(24)17-13-21-18-11-7-6-10-16(17)18/h3-11,13-14,21H,12H2,1-2H3,(H,23,24)/b22-19+. The predicted molar refractivity (Wildman–Crippen MR) is 98.2 cm³/mol. The van der Waals surface area contributed by atoms with Crippen LogP contribution < -0.4 is 5.43 Å². The summed E-state index contributed by atoms with van der Waals surface area (Å²) in [5.41, 5.74) is 6.18. The minimum absolute atomic E-state index is 0.204. The molecular formula is C20H21N3O. The van der Waals surface area contributed by atoms with Crippen LogP contribution in [0.25, 0.3) is 10.9 Å². The van der Waals surface area contributed by atoms with Crippen LogP contribution in [0.4, 0.5) is 0 Å². The molecule has 3 aromatic rings. The van der Waals surface area contributed by atoms with Gasteiger partial charge in [0.25, 0.3) is 5.91 Å². The number of hydrogen-bond acceptors (Lipinski definition) is 2. The van der Waals surface area contributed by atoms with Crippen LogP contribution in [0.1, 0.15) is 36.2 Å². The average Bonchev–Trinajstić information content (AvgIpc) is 3.03. The van der Waals surface area contributed by atoms with Gasteiger partial charge >= 0.3 is 0 Å². The number of carbonyl (C=O) groups excluding carboxylic acids is 1. The zero-order valence-corrected chi connectivity index (χ0v) is 13.9. The highest BCUT2D eigenvalue weighted by atomic mass is 16.2. The van der Waals surface area contributed by atoms with Crippen molar-refractivity contribution in [3.05, 3.63) is 71.9 Å². The molecule has 1 amide bonds. The molecule has 0 spiro atoms. The van der Waals surface area contributed by atoms with Crippen molar-refractivity contribution < 1.29 is 4.79 Å². The molecule has 0 saturated carbocycles. The van der Waals surface area contributed by atoms with E-state index in [1.165, 1.54) is 0 Å². The van der Waals surface area contributed by atoms with Crippen molar-refractivity contribution in [1.82, 2.24) is 10.4 Å². The first kappa shape index (κ1) is 16.0. The van der Waals surface area contributed by atoms with E-state index in [0.717, 1.165) is 28.6 Å². The van der Waals surface area contributed by atoms with Crippen LogP contribution >= 0.6 is 0 Å². The first-order chi connectivity index (χ1) is 11.6. The minimum Gasteiger partial charge on any atom is -0.360 e. The van der Waals surface area contributed by atoms with E-state index in [1.54, 1.807) is 6.20 Å². The quantitative estimate of drug-likeness (QED) is 0.533. The van der Waals surface area contributed by atoms with Gasteiger partial charge in [-0.1, -0.05) is 62.4 Å². The zero-order valence-electron chi connectivity index (χ0n) is 13.9. The lowest BCUT2D eigenvalue weighted by atomic mass is 10.0. The van der Waals surface area contributed by atoms with Crippen molar-refractivity contribution in [3.63, 3.8) is 0 Å². The number of carbonyl (C=O) groups is 1. The van der Waals surface area contributed by atoms with Crippen LogP contribution in [0.2, 0.25) is 0 Å². The van der Waals surface area contributed by atoms with Crippen LogP contribution in [0.3, 0.4) is 0 Å². The highest BCUT2D eigenvalue weighted by Gasteiger charge is 2.12. The number of aromatic nitrogens is 1. The van der Waals surface area contributed by atoms with E-state index in [9.17, 15) is 4.79 Å². The van der Waals surface area contributed by atoms with Gasteiger partial charge in [0.15, 0.2) is 0 Å². The van der Waals surface area contributed by atoms with Crippen LogP contribution in [0.5, 0.6) is 0 Å². The summed E-state index contributed by atoms with van der Waals surface area (Å²) in [6, 6.07) is 17.7. The molecule has 0 saturated heterocycles. The first-order valence-electron chi connectivity index (χ1n) is 8.13. The Morgan fingerprint density at radius 3 is 2.54 bits per heavy atom. The first-order valence-corrected chi connectivity index (χ1v) is 8.13. The predicted octanol–water partition coefficient (Wildman–Crippen LogP) is 4.35. The third-order valence-corrected chi connectivity index (χ3v) is 3.83.